The van der Waals surface area contributed by atoms with Crippen LogP contribution >= 0.6 is 11.6 Å². The van der Waals surface area contributed by atoms with Crippen LogP contribution in [0.15, 0.2) is 12.1 Å². The molecule has 2 bridgehead atoms. The molecule has 0 amide bonds. The van der Waals surface area contributed by atoms with E-state index >= 15 is 0 Å². The maximum atomic E-state index is 13.5. The Labute approximate surface area is 166 Å². The van der Waals surface area contributed by atoms with E-state index in [-0.39, 0.29) is 41.1 Å². The molecule has 0 aliphatic heterocycles. The van der Waals surface area contributed by atoms with E-state index in [0.717, 1.165) is 6.07 Å². The standard InChI is InChI=1S/C20H22ClF2NO4/c1-2-28-9-3-4-14-13(7-8-15(24-14)20(21,22)23)19(27)16-17(25)11-5-6-12(10-11)18(16)26/h7-8,11-12,16H,2-6,9-10H2,1H3. The van der Waals surface area contributed by atoms with Gasteiger partial charge in [0.05, 0.1) is 5.69 Å². The number of rotatable bonds is 8. The molecule has 152 valence electrons. The van der Waals surface area contributed by atoms with Crippen molar-refractivity contribution in [2.45, 2.75) is 44.4 Å². The highest BCUT2D eigenvalue weighted by Crippen LogP contribution is 2.41. The lowest BCUT2D eigenvalue weighted by atomic mass is 9.75. The van der Waals surface area contributed by atoms with Gasteiger partial charge in [-0.3, -0.25) is 14.4 Å². The summed E-state index contributed by atoms with van der Waals surface area (Å²) in [6.07, 6.45) is 2.41. The van der Waals surface area contributed by atoms with Gasteiger partial charge in [0.2, 0.25) is 0 Å². The Balaban J connectivity index is 1.91. The van der Waals surface area contributed by atoms with Crippen molar-refractivity contribution in [2.75, 3.05) is 13.2 Å². The zero-order chi connectivity index (χ0) is 20.5. The molecule has 1 aromatic heterocycles. The predicted molar refractivity (Wildman–Crippen MR) is 97.5 cm³/mol. The Morgan fingerprint density at radius 2 is 1.89 bits per heavy atom. The summed E-state index contributed by atoms with van der Waals surface area (Å²) in [5.74, 6) is -3.22. The highest BCUT2D eigenvalue weighted by Gasteiger charge is 2.50. The second kappa shape index (κ2) is 8.33. The highest BCUT2D eigenvalue weighted by molar-refractivity contribution is 6.26. The van der Waals surface area contributed by atoms with Crippen LogP contribution < -0.4 is 0 Å². The van der Waals surface area contributed by atoms with Crippen molar-refractivity contribution in [3.63, 3.8) is 0 Å². The van der Waals surface area contributed by atoms with Gasteiger partial charge in [-0.05, 0) is 62.8 Å². The number of ether oxygens (including phenoxy) is 1. The molecular formula is C20H22ClF2NO4. The largest absolute Gasteiger partial charge is 0.382 e. The number of Topliss-reactive ketones (excluding diaryl/α,β-unsaturated/α-hetero) is 3. The molecular weight excluding hydrogens is 392 g/mol. The molecule has 0 radical (unpaired) electrons. The minimum atomic E-state index is -3.67. The van der Waals surface area contributed by atoms with Gasteiger partial charge in [0.25, 0.3) is 0 Å². The number of ketones is 3. The van der Waals surface area contributed by atoms with E-state index in [2.05, 4.69) is 4.98 Å². The number of fused-ring (bicyclic) bond motifs is 2. The lowest BCUT2D eigenvalue weighted by Gasteiger charge is -2.25. The van der Waals surface area contributed by atoms with E-state index in [1.165, 1.54) is 6.07 Å². The molecule has 1 aromatic rings. The average Bonchev–Trinajstić information content (AvgIpc) is 3.10. The summed E-state index contributed by atoms with van der Waals surface area (Å²) in [6, 6.07) is 2.17. The quantitative estimate of drug-likeness (QED) is 0.281. The fourth-order valence-electron chi connectivity index (χ4n) is 4.08. The molecule has 1 heterocycles. The lowest BCUT2D eigenvalue weighted by Crippen LogP contribution is -2.41. The normalized spacial score (nSPS) is 24.6. The van der Waals surface area contributed by atoms with Gasteiger partial charge in [0.15, 0.2) is 17.3 Å². The maximum Gasteiger partial charge on any atom is 0.364 e. The number of hydrogen-bond donors (Lipinski definition) is 0. The number of pyridine rings is 1. The zero-order valence-electron chi connectivity index (χ0n) is 15.6. The van der Waals surface area contributed by atoms with Crippen LogP contribution in [0.3, 0.4) is 0 Å². The van der Waals surface area contributed by atoms with Gasteiger partial charge in [-0.25, -0.2) is 4.98 Å². The Bertz CT molecular complexity index is 771. The molecule has 2 unspecified atom stereocenters. The number of nitrogens with zero attached hydrogens (tertiary/aromatic N) is 1. The third kappa shape index (κ3) is 4.15. The molecule has 2 fully saturated rings. The molecule has 8 heteroatoms. The van der Waals surface area contributed by atoms with Crippen LogP contribution in [0, 0.1) is 17.8 Å². The van der Waals surface area contributed by atoms with E-state index in [0.29, 0.717) is 38.9 Å². The van der Waals surface area contributed by atoms with Crippen molar-refractivity contribution in [2.24, 2.45) is 17.8 Å². The fourth-order valence-corrected chi connectivity index (χ4v) is 4.19. The third-order valence-corrected chi connectivity index (χ3v) is 5.70. The van der Waals surface area contributed by atoms with Crippen LogP contribution in [0.25, 0.3) is 0 Å². The molecule has 0 saturated heterocycles. The summed E-state index contributed by atoms with van der Waals surface area (Å²) in [4.78, 5) is 42.2. The van der Waals surface area contributed by atoms with Crippen molar-refractivity contribution in [1.29, 1.82) is 0 Å². The van der Waals surface area contributed by atoms with Crippen LogP contribution in [0.5, 0.6) is 0 Å². The minimum absolute atomic E-state index is 0.0363. The van der Waals surface area contributed by atoms with Crippen LogP contribution in [0.2, 0.25) is 0 Å². The number of carbonyl (C=O) groups excluding carboxylic acids is 3. The second-order valence-electron chi connectivity index (χ2n) is 7.30. The van der Waals surface area contributed by atoms with E-state index in [9.17, 15) is 23.2 Å². The molecule has 5 nitrogen and oxygen atoms in total. The predicted octanol–water partition coefficient (Wildman–Crippen LogP) is 3.71. The molecule has 28 heavy (non-hydrogen) atoms. The summed E-state index contributed by atoms with van der Waals surface area (Å²) in [5, 5.41) is -3.67. The Morgan fingerprint density at radius 3 is 2.46 bits per heavy atom. The number of carbonyl (C=O) groups is 3. The first kappa shape index (κ1) is 21.0. The van der Waals surface area contributed by atoms with Gasteiger partial charge in [0.1, 0.15) is 11.6 Å². The second-order valence-corrected chi connectivity index (χ2v) is 7.77. The van der Waals surface area contributed by atoms with E-state index in [1.807, 2.05) is 6.92 Å². The molecule has 0 aromatic carbocycles. The van der Waals surface area contributed by atoms with E-state index < -0.39 is 22.8 Å². The van der Waals surface area contributed by atoms with E-state index in [1.54, 1.807) is 0 Å². The summed E-state index contributed by atoms with van der Waals surface area (Å²) in [5.41, 5.74) is -0.520. The molecule has 0 spiro atoms. The summed E-state index contributed by atoms with van der Waals surface area (Å²) < 4.78 is 32.2. The molecule has 2 aliphatic carbocycles. The van der Waals surface area contributed by atoms with Gasteiger partial charge in [-0.1, -0.05) is 0 Å². The van der Waals surface area contributed by atoms with Crippen molar-refractivity contribution in [3.8, 4) is 0 Å². The van der Waals surface area contributed by atoms with Crippen LogP contribution in [-0.4, -0.2) is 35.5 Å². The monoisotopic (exact) mass is 413 g/mol. The van der Waals surface area contributed by atoms with Gasteiger partial charge in [-0.15, -0.1) is 0 Å². The average molecular weight is 414 g/mol. The first-order valence-corrected chi connectivity index (χ1v) is 9.88. The van der Waals surface area contributed by atoms with Crippen molar-refractivity contribution in [1.82, 2.24) is 4.98 Å². The number of aryl methyl sites for hydroxylation is 1. The Kier molecular flexibility index (Phi) is 6.25. The van der Waals surface area contributed by atoms with Crippen molar-refractivity contribution < 1.29 is 27.9 Å². The van der Waals surface area contributed by atoms with Crippen LogP contribution in [0.4, 0.5) is 8.78 Å². The first-order valence-electron chi connectivity index (χ1n) is 9.50. The Hall–Kier alpha value is -1.73. The Morgan fingerprint density at radius 1 is 1.25 bits per heavy atom. The van der Waals surface area contributed by atoms with Crippen molar-refractivity contribution >= 4 is 29.0 Å². The van der Waals surface area contributed by atoms with Gasteiger partial charge in [0, 0.05) is 30.6 Å². The third-order valence-electron chi connectivity index (χ3n) is 5.51. The first-order chi connectivity index (χ1) is 13.2. The van der Waals surface area contributed by atoms with Gasteiger partial charge >= 0.3 is 5.38 Å². The molecule has 2 saturated carbocycles. The molecule has 2 atom stereocenters. The smallest absolute Gasteiger partial charge is 0.364 e. The number of halogens is 3. The number of hydrogen-bond acceptors (Lipinski definition) is 5. The van der Waals surface area contributed by atoms with Crippen LogP contribution in [0.1, 0.15) is 54.4 Å². The lowest BCUT2D eigenvalue weighted by molar-refractivity contribution is -0.137. The van der Waals surface area contributed by atoms with Gasteiger partial charge < -0.3 is 4.74 Å². The summed E-state index contributed by atoms with van der Waals surface area (Å²) in [6.45, 7) is 2.71. The van der Waals surface area contributed by atoms with Crippen molar-refractivity contribution in [3.05, 3.63) is 29.1 Å². The molecule has 3 rings (SSSR count). The van der Waals surface area contributed by atoms with Crippen LogP contribution in [-0.2, 0) is 26.1 Å². The fraction of sp³-hybridized carbons (Fsp3) is 0.600. The number of aromatic nitrogens is 1. The summed E-state index contributed by atoms with van der Waals surface area (Å²) in [7, 11) is 0. The van der Waals surface area contributed by atoms with E-state index in [4.69, 9.17) is 16.3 Å². The minimum Gasteiger partial charge on any atom is -0.382 e. The summed E-state index contributed by atoms with van der Waals surface area (Å²) >= 11 is 5.07. The molecule has 2 aliphatic rings. The highest BCUT2D eigenvalue weighted by atomic mass is 35.5. The topological polar surface area (TPSA) is 73.3 Å². The SMILES string of the molecule is CCOCCCc1nc(C(F)(F)Cl)ccc1C(=O)C1C(=O)C2CCC(C2)C1=O. The zero-order valence-corrected chi connectivity index (χ0v) is 16.3. The van der Waals surface area contributed by atoms with Gasteiger partial charge in [-0.2, -0.15) is 8.78 Å². The molecule has 0 N–H and O–H groups in total. The maximum absolute atomic E-state index is 13.5. The number of alkyl halides is 3.